The first-order valence-corrected chi connectivity index (χ1v) is 6.62. The first kappa shape index (κ1) is 15.8. The molecule has 2 rings (SSSR count). The summed E-state index contributed by atoms with van der Waals surface area (Å²) < 4.78 is 51.9. The van der Waals surface area contributed by atoms with E-state index >= 15 is 0 Å². The zero-order chi connectivity index (χ0) is 15.8. The second-order valence-electron chi connectivity index (χ2n) is 5.32. The van der Waals surface area contributed by atoms with Crippen LogP contribution in [0.25, 0.3) is 0 Å². The predicted molar refractivity (Wildman–Crippen MR) is 69.1 cm³/mol. The van der Waals surface area contributed by atoms with Crippen molar-refractivity contribution < 1.29 is 22.4 Å². The largest absolute Gasteiger partial charge is 0.419 e. The number of rotatable bonds is 2. The van der Waals surface area contributed by atoms with Gasteiger partial charge in [0.25, 0.3) is 5.91 Å². The third kappa shape index (κ3) is 3.18. The summed E-state index contributed by atoms with van der Waals surface area (Å²) in [5.74, 6) is -2.15. The summed E-state index contributed by atoms with van der Waals surface area (Å²) in [5, 5.41) is 0. The number of hydrogen-bond acceptors (Lipinski definition) is 2. The molecule has 1 saturated heterocycles. The molecule has 0 aromatic heterocycles. The van der Waals surface area contributed by atoms with Gasteiger partial charge >= 0.3 is 6.18 Å². The van der Waals surface area contributed by atoms with Crippen LogP contribution in [0.1, 0.15) is 29.3 Å². The first-order chi connectivity index (χ1) is 9.71. The molecule has 21 heavy (non-hydrogen) atoms. The van der Waals surface area contributed by atoms with E-state index in [1.807, 2.05) is 6.92 Å². The minimum absolute atomic E-state index is 0.0859. The molecule has 0 aliphatic carbocycles. The molecule has 1 aliphatic rings. The van der Waals surface area contributed by atoms with Gasteiger partial charge in [0.15, 0.2) is 0 Å². The van der Waals surface area contributed by atoms with Gasteiger partial charge in [-0.2, -0.15) is 13.2 Å². The molecular weight excluding hydrogens is 288 g/mol. The van der Waals surface area contributed by atoms with Gasteiger partial charge in [0, 0.05) is 19.1 Å². The average Bonchev–Trinajstić information content (AvgIpc) is 2.86. The fraction of sp³-hybridized carbons (Fsp3) is 0.500. The van der Waals surface area contributed by atoms with Crippen molar-refractivity contribution in [2.45, 2.75) is 25.6 Å². The Hall–Kier alpha value is -1.63. The number of benzene rings is 1. The quantitative estimate of drug-likeness (QED) is 0.854. The van der Waals surface area contributed by atoms with Crippen LogP contribution < -0.4 is 5.73 Å². The molecule has 2 unspecified atom stereocenters. The maximum atomic E-state index is 13.9. The second-order valence-corrected chi connectivity index (χ2v) is 5.32. The van der Waals surface area contributed by atoms with Crippen LogP contribution >= 0.6 is 0 Å². The van der Waals surface area contributed by atoms with E-state index in [0.717, 1.165) is 12.1 Å². The number of alkyl halides is 3. The minimum Gasteiger partial charge on any atom is -0.338 e. The highest BCUT2D eigenvalue weighted by atomic mass is 19.4. The number of halogens is 4. The number of nitrogens with zero attached hydrogens (tertiary/aromatic N) is 1. The van der Waals surface area contributed by atoms with Crippen molar-refractivity contribution in [3.63, 3.8) is 0 Å². The Morgan fingerprint density at radius 2 is 2.10 bits per heavy atom. The summed E-state index contributed by atoms with van der Waals surface area (Å²) in [6.45, 7) is 2.52. The highest BCUT2D eigenvalue weighted by Crippen LogP contribution is 2.33. The Morgan fingerprint density at radius 3 is 2.62 bits per heavy atom. The van der Waals surface area contributed by atoms with Crippen LogP contribution in [0.15, 0.2) is 18.2 Å². The van der Waals surface area contributed by atoms with E-state index < -0.39 is 29.0 Å². The smallest absolute Gasteiger partial charge is 0.338 e. The predicted octanol–water partition coefficient (Wildman–Crippen LogP) is 2.65. The second kappa shape index (κ2) is 5.63. The summed E-state index contributed by atoms with van der Waals surface area (Å²) in [4.78, 5) is 13.5. The SMILES string of the molecule is CC(N)C1CCN(C(=O)c2cccc(C(F)(F)F)c2F)C1. The molecule has 1 aromatic carbocycles. The zero-order valence-corrected chi connectivity index (χ0v) is 11.5. The average molecular weight is 304 g/mol. The van der Waals surface area contributed by atoms with Gasteiger partial charge < -0.3 is 10.6 Å². The van der Waals surface area contributed by atoms with Crippen LogP contribution in [-0.2, 0) is 6.18 Å². The monoisotopic (exact) mass is 304 g/mol. The topological polar surface area (TPSA) is 46.3 Å². The van der Waals surface area contributed by atoms with E-state index in [0.29, 0.717) is 25.6 Å². The summed E-state index contributed by atoms with van der Waals surface area (Å²) in [5.41, 5.74) is 3.78. The van der Waals surface area contributed by atoms with Gasteiger partial charge in [0.05, 0.1) is 11.1 Å². The van der Waals surface area contributed by atoms with Gasteiger partial charge in [-0.3, -0.25) is 4.79 Å². The van der Waals surface area contributed by atoms with Gasteiger partial charge in [-0.15, -0.1) is 0 Å². The lowest BCUT2D eigenvalue weighted by molar-refractivity contribution is -0.140. The normalized spacial score (nSPS) is 20.7. The van der Waals surface area contributed by atoms with Crippen LogP contribution in [0, 0.1) is 11.7 Å². The van der Waals surface area contributed by atoms with Gasteiger partial charge in [-0.25, -0.2) is 4.39 Å². The Bertz CT molecular complexity index is 542. The van der Waals surface area contributed by atoms with E-state index in [2.05, 4.69) is 0 Å². The molecule has 2 atom stereocenters. The summed E-state index contributed by atoms with van der Waals surface area (Å²) in [6.07, 6.45) is -4.15. The van der Waals surface area contributed by atoms with Crippen molar-refractivity contribution in [3.05, 3.63) is 35.1 Å². The van der Waals surface area contributed by atoms with Crippen LogP contribution in [0.5, 0.6) is 0 Å². The molecule has 7 heteroatoms. The van der Waals surface area contributed by atoms with Crippen molar-refractivity contribution in [2.75, 3.05) is 13.1 Å². The van der Waals surface area contributed by atoms with Crippen molar-refractivity contribution in [1.82, 2.24) is 4.90 Å². The fourth-order valence-corrected chi connectivity index (χ4v) is 2.49. The number of amides is 1. The molecule has 2 N–H and O–H groups in total. The number of likely N-dealkylation sites (tertiary alicyclic amines) is 1. The van der Waals surface area contributed by atoms with Crippen LogP contribution in [0.4, 0.5) is 17.6 Å². The minimum atomic E-state index is -4.82. The lowest BCUT2D eigenvalue weighted by Gasteiger charge is -2.19. The van der Waals surface area contributed by atoms with Crippen molar-refractivity contribution in [1.29, 1.82) is 0 Å². The number of hydrogen-bond donors (Lipinski definition) is 1. The highest BCUT2D eigenvalue weighted by Gasteiger charge is 2.37. The summed E-state index contributed by atoms with van der Waals surface area (Å²) in [7, 11) is 0. The zero-order valence-electron chi connectivity index (χ0n) is 11.5. The summed E-state index contributed by atoms with van der Waals surface area (Å²) in [6, 6.07) is 2.62. The van der Waals surface area contributed by atoms with Gasteiger partial charge in [-0.1, -0.05) is 6.07 Å². The van der Waals surface area contributed by atoms with Gasteiger partial charge in [0.1, 0.15) is 5.82 Å². The molecule has 116 valence electrons. The third-order valence-corrected chi connectivity index (χ3v) is 3.79. The Kier molecular flexibility index (Phi) is 4.22. The van der Waals surface area contributed by atoms with E-state index in [4.69, 9.17) is 5.73 Å². The lowest BCUT2D eigenvalue weighted by atomic mass is 10.0. The van der Waals surface area contributed by atoms with Crippen LogP contribution in [0.2, 0.25) is 0 Å². The molecule has 1 amide bonds. The van der Waals surface area contributed by atoms with E-state index in [1.165, 1.54) is 4.90 Å². The van der Waals surface area contributed by atoms with E-state index in [-0.39, 0.29) is 12.0 Å². The molecule has 1 aliphatic heterocycles. The van der Waals surface area contributed by atoms with E-state index in [1.54, 1.807) is 0 Å². The van der Waals surface area contributed by atoms with Crippen molar-refractivity contribution >= 4 is 5.91 Å². The first-order valence-electron chi connectivity index (χ1n) is 6.62. The van der Waals surface area contributed by atoms with Gasteiger partial charge in [0.2, 0.25) is 0 Å². The third-order valence-electron chi connectivity index (χ3n) is 3.79. The Labute approximate surface area is 119 Å². The standard InChI is InChI=1S/C14H16F4N2O/c1-8(19)9-5-6-20(7-9)13(21)10-3-2-4-11(12(10)15)14(16,17)18/h2-4,8-9H,5-7,19H2,1H3. The molecule has 1 aromatic rings. The lowest BCUT2D eigenvalue weighted by Crippen LogP contribution is -2.33. The number of carbonyl (C=O) groups is 1. The van der Waals surface area contributed by atoms with E-state index in [9.17, 15) is 22.4 Å². The maximum Gasteiger partial charge on any atom is 0.419 e. The molecule has 0 saturated carbocycles. The molecule has 1 heterocycles. The Balaban J connectivity index is 2.25. The van der Waals surface area contributed by atoms with Crippen molar-refractivity contribution in [2.24, 2.45) is 11.7 Å². The molecule has 0 radical (unpaired) electrons. The number of nitrogens with two attached hydrogens (primary N) is 1. The molecular formula is C14H16F4N2O. The summed E-state index contributed by atoms with van der Waals surface area (Å²) >= 11 is 0. The van der Waals surface area contributed by atoms with Crippen LogP contribution in [0.3, 0.4) is 0 Å². The maximum absolute atomic E-state index is 13.9. The molecule has 0 spiro atoms. The Morgan fingerprint density at radius 1 is 1.43 bits per heavy atom. The molecule has 0 bridgehead atoms. The van der Waals surface area contributed by atoms with Gasteiger partial charge in [-0.05, 0) is 31.4 Å². The van der Waals surface area contributed by atoms with Crippen molar-refractivity contribution in [3.8, 4) is 0 Å². The number of carbonyl (C=O) groups excluding carboxylic acids is 1. The molecule has 1 fully saturated rings. The fourth-order valence-electron chi connectivity index (χ4n) is 2.49. The van der Waals surface area contributed by atoms with Crippen LogP contribution in [-0.4, -0.2) is 29.9 Å². The molecule has 3 nitrogen and oxygen atoms in total. The highest BCUT2D eigenvalue weighted by molar-refractivity contribution is 5.95.